The molecule has 2 N–H and O–H groups in total. The van der Waals surface area contributed by atoms with Crippen LogP contribution in [0.25, 0.3) is 11.3 Å². The van der Waals surface area contributed by atoms with Crippen molar-refractivity contribution in [3.63, 3.8) is 0 Å². The van der Waals surface area contributed by atoms with Gasteiger partial charge in [-0.2, -0.15) is 5.26 Å². The Kier molecular flexibility index (Phi) is 10.8. The lowest BCUT2D eigenvalue weighted by atomic mass is 10.0. The highest BCUT2D eigenvalue weighted by Crippen LogP contribution is 2.28. The molecule has 4 aromatic rings. The van der Waals surface area contributed by atoms with Crippen molar-refractivity contribution in [3.05, 3.63) is 117 Å². The molecule has 8 heteroatoms. The Hall–Kier alpha value is -4.38. The van der Waals surface area contributed by atoms with Gasteiger partial charge < -0.3 is 20.0 Å². The smallest absolute Gasteiger partial charge is 0.253 e. The summed E-state index contributed by atoms with van der Waals surface area (Å²) in [6.07, 6.45) is 1.34. The van der Waals surface area contributed by atoms with Crippen LogP contribution in [0, 0.1) is 18.3 Å². The number of rotatable bonds is 12. The molecule has 2 atom stereocenters. The highest BCUT2D eigenvalue weighted by atomic mass is 35.5. The van der Waals surface area contributed by atoms with Gasteiger partial charge in [-0.25, -0.2) is 0 Å². The van der Waals surface area contributed by atoms with Crippen molar-refractivity contribution in [1.29, 1.82) is 5.26 Å². The maximum absolute atomic E-state index is 13.4. The van der Waals surface area contributed by atoms with Gasteiger partial charge in [0.1, 0.15) is 11.5 Å². The summed E-state index contributed by atoms with van der Waals surface area (Å²) in [6, 6.07) is 26.6. The summed E-state index contributed by atoms with van der Waals surface area (Å²) in [5, 5.41) is 15.9. The van der Waals surface area contributed by atoms with E-state index < -0.39 is 6.04 Å². The van der Waals surface area contributed by atoms with Gasteiger partial charge in [-0.3, -0.25) is 9.59 Å². The molecule has 222 valence electrons. The SMILES string of the molecule is Cc1ccc(C(C)NCc2ccc(-c3ccc(Cl)c(C(=O)N[C@H](CCc4ccc(C#N)cc4)CC(=O)N(C)C)c3)o2)cc1. The first kappa shape index (κ1) is 31.6. The number of nitrogens with zero attached hydrogens (tertiary/aromatic N) is 2. The monoisotopic (exact) mass is 596 g/mol. The van der Waals surface area contributed by atoms with Gasteiger partial charge in [-0.1, -0.05) is 53.6 Å². The number of aryl methyl sites for hydroxylation is 2. The molecule has 0 aliphatic heterocycles. The summed E-state index contributed by atoms with van der Waals surface area (Å²) in [7, 11) is 3.39. The van der Waals surface area contributed by atoms with Crippen molar-refractivity contribution in [2.75, 3.05) is 14.1 Å². The summed E-state index contributed by atoms with van der Waals surface area (Å²) >= 11 is 6.47. The lowest BCUT2D eigenvalue weighted by Crippen LogP contribution is -2.39. The Morgan fingerprint density at radius 3 is 2.40 bits per heavy atom. The number of nitriles is 1. The van der Waals surface area contributed by atoms with E-state index in [1.807, 2.05) is 30.3 Å². The molecule has 43 heavy (non-hydrogen) atoms. The number of hydrogen-bond donors (Lipinski definition) is 2. The highest BCUT2D eigenvalue weighted by molar-refractivity contribution is 6.34. The molecule has 1 aromatic heterocycles. The molecule has 0 saturated carbocycles. The second-order valence-electron chi connectivity index (χ2n) is 11.0. The quantitative estimate of drug-likeness (QED) is 0.187. The van der Waals surface area contributed by atoms with E-state index in [9.17, 15) is 9.59 Å². The van der Waals surface area contributed by atoms with Crippen LogP contribution in [0.1, 0.15) is 64.2 Å². The molecule has 4 rings (SSSR count). The number of carbonyl (C=O) groups excluding carboxylic acids is 2. The zero-order valence-electron chi connectivity index (χ0n) is 25.0. The van der Waals surface area contributed by atoms with E-state index in [0.717, 1.165) is 16.9 Å². The number of furan rings is 1. The Labute approximate surface area is 258 Å². The summed E-state index contributed by atoms with van der Waals surface area (Å²) in [5.41, 5.74) is 5.07. The van der Waals surface area contributed by atoms with Crippen LogP contribution in [-0.2, 0) is 17.8 Å². The molecule has 1 unspecified atom stereocenters. The normalized spacial score (nSPS) is 12.3. The Morgan fingerprint density at radius 1 is 1.00 bits per heavy atom. The molecule has 0 bridgehead atoms. The first-order chi connectivity index (χ1) is 20.6. The van der Waals surface area contributed by atoms with Gasteiger partial charge in [0, 0.05) is 38.2 Å². The second kappa shape index (κ2) is 14.7. The number of carbonyl (C=O) groups is 2. The van der Waals surface area contributed by atoms with E-state index >= 15 is 0 Å². The maximum Gasteiger partial charge on any atom is 0.253 e. The van der Waals surface area contributed by atoms with E-state index in [2.05, 4.69) is 54.8 Å². The predicted molar refractivity (Wildman–Crippen MR) is 170 cm³/mol. The van der Waals surface area contributed by atoms with Crippen molar-refractivity contribution in [2.24, 2.45) is 0 Å². The zero-order chi connectivity index (χ0) is 30.9. The molecular weight excluding hydrogens is 560 g/mol. The number of benzene rings is 3. The van der Waals surface area contributed by atoms with Crippen LogP contribution in [0.3, 0.4) is 0 Å². The molecule has 0 aliphatic rings. The third-order valence-corrected chi connectivity index (χ3v) is 7.77. The minimum absolute atomic E-state index is 0.0848. The molecule has 0 radical (unpaired) electrons. The molecule has 0 saturated heterocycles. The first-order valence-corrected chi connectivity index (χ1v) is 14.7. The molecular formula is C35H37ClN4O3. The molecule has 1 heterocycles. The van der Waals surface area contributed by atoms with Gasteiger partial charge in [0.2, 0.25) is 5.91 Å². The maximum atomic E-state index is 13.4. The Balaban J connectivity index is 1.44. The van der Waals surface area contributed by atoms with Crippen molar-refractivity contribution in [2.45, 2.75) is 51.7 Å². The van der Waals surface area contributed by atoms with Crippen LogP contribution in [0.5, 0.6) is 0 Å². The number of amides is 2. The first-order valence-electron chi connectivity index (χ1n) is 14.3. The topological polar surface area (TPSA) is 98.4 Å². The van der Waals surface area contributed by atoms with E-state index in [4.69, 9.17) is 21.3 Å². The minimum atomic E-state index is -0.408. The van der Waals surface area contributed by atoms with Crippen molar-refractivity contribution < 1.29 is 14.0 Å². The van der Waals surface area contributed by atoms with Crippen molar-refractivity contribution in [1.82, 2.24) is 15.5 Å². The largest absolute Gasteiger partial charge is 0.460 e. The van der Waals surface area contributed by atoms with Gasteiger partial charge in [-0.05, 0) is 80.3 Å². The molecule has 2 amide bonds. The predicted octanol–water partition coefficient (Wildman–Crippen LogP) is 6.84. The second-order valence-corrected chi connectivity index (χ2v) is 11.4. The van der Waals surface area contributed by atoms with Crippen LogP contribution in [0.2, 0.25) is 5.02 Å². The lowest BCUT2D eigenvalue weighted by molar-refractivity contribution is -0.129. The average molecular weight is 597 g/mol. The standard InChI is InChI=1S/C35H37ClN4O3/c1-23-5-12-27(13-6-23)24(2)38-22-30-16-18-33(43-30)28-14-17-32(36)31(19-28)35(42)39-29(20-34(41)40(3)4)15-11-25-7-9-26(21-37)10-8-25/h5-10,12-14,16-19,24,29,38H,11,15,20,22H2,1-4H3,(H,39,42)/t24?,29-/m1/s1. The Bertz CT molecular complexity index is 1590. The van der Waals surface area contributed by atoms with Gasteiger partial charge >= 0.3 is 0 Å². The fraction of sp³-hybridized carbons (Fsp3) is 0.286. The molecule has 3 aromatic carbocycles. The fourth-order valence-corrected chi connectivity index (χ4v) is 4.88. The Morgan fingerprint density at radius 2 is 1.72 bits per heavy atom. The highest BCUT2D eigenvalue weighted by Gasteiger charge is 2.21. The minimum Gasteiger partial charge on any atom is -0.460 e. The van der Waals surface area contributed by atoms with Crippen LogP contribution < -0.4 is 10.6 Å². The number of halogens is 1. The van der Waals surface area contributed by atoms with Gasteiger partial charge in [0.25, 0.3) is 5.91 Å². The lowest BCUT2D eigenvalue weighted by Gasteiger charge is -2.21. The molecule has 0 spiro atoms. The summed E-state index contributed by atoms with van der Waals surface area (Å²) in [4.78, 5) is 27.5. The van der Waals surface area contributed by atoms with E-state index in [1.54, 1.807) is 38.4 Å². The number of nitrogens with one attached hydrogen (secondary N) is 2. The van der Waals surface area contributed by atoms with E-state index in [1.165, 1.54) is 16.0 Å². The third-order valence-electron chi connectivity index (χ3n) is 7.44. The van der Waals surface area contributed by atoms with Crippen molar-refractivity contribution >= 4 is 23.4 Å². The van der Waals surface area contributed by atoms with Gasteiger partial charge in [0.05, 0.1) is 28.8 Å². The van der Waals surface area contributed by atoms with E-state index in [0.29, 0.717) is 41.3 Å². The molecule has 7 nitrogen and oxygen atoms in total. The summed E-state index contributed by atoms with van der Waals surface area (Å²) < 4.78 is 6.11. The van der Waals surface area contributed by atoms with Gasteiger partial charge in [-0.15, -0.1) is 0 Å². The van der Waals surface area contributed by atoms with Crippen LogP contribution in [0.4, 0.5) is 0 Å². The summed E-state index contributed by atoms with van der Waals surface area (Å²) in [6.45, 7) is 4.74. The van der Waals surface area contributed by atoms with Crippen molar-refractivity contribution in [3.8, 4) is 17.4 Å². The average Bonchev–Trinajstić information content (AvgIpc) is 3.48. The number of hydrogen-bond acceptors (Lipinski definition) is 5. The molecule has 0 fully saturated rings. The summed E-state index contributed by atoms with van der Waals surface area (Å²) in [5.74, 6) is 0.965. The molecule has 0 aliphatic carbocycles. The zero-order valence-corrected chi connectivity index (χ0v) is 25.7. The van der Waals surface area contributed by atoms with Crippen LogP contribution >= 0.6 is 11.6 Å². The third kappa shape index (κ3) is 8.81. The van der Waals surface area contributed by atoms with E-state index in [-0.39, 0.29) is 24.3 Å². The van der Waals surface area contributed by atoms with Crippen LogP contribution in [-0.4, -0.2) is 36.9 Å². The van der Waals surface area contributed by atoms with Gasteiger partial charge in [0.15, 0.2) is 0 Å². The van der Waals surface area contributed by atoms with Crippen LogP contribution in [0.15, 0.2) is 83.3 Å². The fourth-order valence-electron chi connectivity index (χ4n) is 4.68.